The van der Waals surface area contributed by atoms with E-state index >= 15 is 0 Å². The molecule has 0 saturated carbocycles. The fourth-order valence-corrected chi connectivity index (χ4v) is 1.83. The number of pyridine rings is 1. The first kappa shape index (κ1) is 13.3. The molecule has 6 heteroatoms. The summed E-state index contributed by atoms with van der Waals surface area (Å²) < 4.78 is 5.59. The van der Waals surface area contributed by atoms with Crippen LogP contribution < -0.4 is 4.74 Å². The average molecular weight is 279 g/mol. The molecular formula is C13H11ClN2O3. The van der Waals surface area contributed by atoms with Crippen LogP contribution in [0.3, 0.4) is 0 Å². The topological polar surface area (TPSA) is 65.3 Å². The van der Waals surface area contributed by atoms with E-state index in [-0.39, 0.29) is 23.2 Å². The van der Waals surface area contributed by atoms with Crippen molar-refractivity contribution in [3.05, 3.63) is 57.8 Å². The van der Waals surface area contributed by atoms with Gasteiger partial charge in [-0.25, -0.2) is 4.98 Å². The maximum Gasteiger partial charge on any atom is 0.311 e. The smallest absolute Gasteiger partial charge is 0.311 e. The molecule has 19 heavy (non-hydrogen) atoms. The van der Waals surface area contributed by atoms with Crippen LogP contribution in [0.2, 0.25) is 0 Å². The number of ether oxygens (including phenoxy) is 1. The van der Waals surface area contributed by atoms with E-state index in [1.165, 1.54) is 6.07 Å². The van der Waals surface area contributed by atoms with Crippen molar-refractivity contribution in [3.63, 3.8) is 0 Å². The quantitative estimate of drug-likeness (QED) is 0.484. The van der Waals surface area contributed by atoms with Crippen LogP contribution in [0, 0.1) is 17.0 Å². The monoisotopic (exact) mass is 278 g/mol. The third-order valence-corrected chi connectivity index (χ3v) is 2.87. The zero-order valence-corrected chi connectivity index (χ0v) is 10.9. The molecule has 0 fully saturated rings. The summed E-state index contributed by atoms with van der Waals surface area (Å²) >= 11 is 5.79. The van der Waals surface area contributed by atoms with Crippen molar-refractivity contribution >= 4 is 17.3 Å². The molecule has 0 bridgehead atoms. The SMILES string of the molecule is Cc1cccc([N+](=O)[O-])c1Oc1ncccc1CCl. The first-order valence-corrected chi connectivity index (χ1v) is 6.08. The number of para-hydroxylation sites is 1. The van der Waals surface area contributed by atoms with Crippen molar-refractivity contribution in [3.8, 4) is 11.6 Å². The first-order chi connectivity index (χ1) is 9.13. The molecule has 1 heterocycles. The molecule has 0 aliphatic heterocycles. The van der Waals surface area contributed by atoms with E-state index < -0.39 is 4.92 Å². The standard InChI is InChI=1S/C13H11ClN2O3/c1-9-4-2-6-11(16(17)18)12(9)19-13-10(8-14)5-3-7-15-13/h2-7H,8H2,1H3. The number of alkyl halides is 1. The summed E-state index contributed by atoms with van der Waals surface area (Å²) in [5.41, 5.74) is 1.26. The number of nitrogens with zero attached hydrogens (tertiary/aromatic N) is 2. The molecule has 1 aromatic heterocycles. The van der Waals surface area contributed by atoms with Crippen molar-refractivity contribution in [2.24, 2.45) is 0 Å². The highest BCUT2D eigenvalue weighted by atomic mass is 35.5. The van der Waals surface area contributed by atoms with Gasteiger partial charge in [0, 0.05) is 17.8 Å². The minimum Gasteiger partial charge on any atom is -0.431 e. The number of hydrogen-bond acceptors (Lipinski definition) is 4. The number of nitro benzene ring substituents is 1. The van der Waals surface area contributed by atoms with Gasteiger partial charge < -0.3 is 4.74 Å². The predicted molar refractivity (Wildman–Crippen MR) is 71.7 cm³/mol. The van der Waals surface area contributed by atoms with Crippen LogP contribution in [0.25, 0.3) is 0 Å². The second-order valence-corrected chi connectivity index (χ2v) is 4.15. The Labute approximate surface area is 115 Å². The molecule has 0 N–H and O–H groups in total. The van der Waals surface area contributed by atoms with E-state index in [0.29, 0.717) is 11.1 Å². The summed E-state index contributed by atoms with van der Waals surface area (Å²) in [5, 5.41) is 11.0. The molecule has 0 unspecified atom stereocenters. The van der Waals surface area contributed by atoms with E-state index in [9.17, 15) is 10.1 Å². The maximum absolute atomic E-state index is 11.0. The van der Waals surface area contributed by atoms with Crippen LogP contribution in [-0.2, 0) is 5.88 Å². The van der Waals surface area contributed by atoms with Crippen molar-refractivity contribution in [1.82, 2.24) is 4.98 Å². The van der Waals surface area contributed by atoms with Crippen LogP contribution in [0.5, 0.6) is 11.6 Å². The molecule has 0 aliphatic rings. The van der Waals surface area contributed by atoms with Gasteiger partial charge in [-0.2, -0.15) is 0 Å². The summed E-state index contributed by atoms with van der Waals surface area (Å²) in [6.07, 6.45) is 1.55. The van der Waals surface area contributed by atoms with Crippen LogP contribution in [-0.4, -0.2) is 9.91 Å². The van der Waals surface area contributed by atoms with Crippen molar-refractivity contribution in [2.75, 3.05) is 0 Å². The second-order valence-electron chi connectivity index (χ2n) is 3.88. The van der Waals surface area contributed by atoms with E-state index in [4.69, 9.17) is 16.3 Å². The highest BCUT2D eigenvalue weighted by Gasteiger charge is 2.19. The average Bonchev–Trinajstić information content (AvgIpc) is 2.41. The fourth-order valence-electron chi connectivity index (χ4n) is 1.63. The summed E-state index contributed by atoms with van der Waals surface area (Å²) in [6, 6.07) is 8.24. The summed E-state index contributed by atoms with van der Waals surface area (Å²) in [6.45, 7) is 1.74. The third-order valence-electron chi connectivity index (χ3n) is 2.58. The lowest BCUT2D eigenvalue weighted by atomic mass is 10.2. The summed E-state index contributed by atoms with van der Waals surface area (Å²) in [7, 11) is 0. The predicted octanol–water partition coefficient (Wildman–Crippen LogP) is 3.83. The molecule has 1 aromatic carbocycles. The lowest BCUT2D eigenvalue weighted by Gasteiger charge is -2.10. The van der Waals surface area contributed by atoms with E-state index in [0.717, 1.165) is 0 Å². The summed E-state index contributed by atoms with van der Waals surface area (Å²) in [4.78, 5) is 14.6. The van der Waals surface area contributed by atoms with Gasteiger partial charge in [0.05, 0.1) is 10.8 Å². The minimum atomic E-state index is -0.481. The van der Waals surface area contributed by atoms with Crippen LogP contribution >= 0.6 is 11.6 Å². The Hall–Kier alpha value is -2.14. The van der Waals surface area contributed by atoms with E-state index in [1.54, 1.807) is 37.4 Å². The molecule has 0 radical (unpaired) electrons. The molecule has 0 saturated heterocycles. The largest absolute Gasteiger partial charge is 0.431 e. The Balaban J connectivity index is 2.46. The Bertz CT molecular complexity index is 617. The molecule has 0 spiro atoms. The van der Waals surface area contributed by atoms with E-state index in [2.05, 4.69) is 4.98 Å². The molecule has 0 aliphatic carbocycles. The first-order valence-electron chi connectivity index (χ1n) is 5.55. The number of benzene rings is 1. The second kappa shape index (κ2) is 5.67. The lowest BCUT2D eigenvalue weighted by Crippen LogP contribution is -1.98. The Morgan fingerprint density at radius 2 is 2.16 bits per heavy atom. The molecule has 2 aromatic rings. The molecular weight excluding hydrogens is 268 g/mol. The Kier molecular flexibility index (Phi) is 3.97. The van der Waals surface area contributed by atoms with E-state index in [1.807, 2.05) is 0 Å². The Morgan fingerprint density at radius 1 is 1.37 bits per heavy atom. The van der Waals surface area contributed by atoms with Gasteiger partial charge >= 0.3 is 5.69 Å². The zero-order chi connectivity index (χ0) is 13.8. The van der Waals surface area contributed by atoms with Gasteiger partial charge in [-0.15, -0.1) is 11.6 Å². The maximum atomic E-state index is 11.0. The van der Waals surface area contributed by atoms with Crippen LogP contribution in [0.1, 0.15) is 11.1 Å². The van der Waals surface area contributed by atoms with Crippen molar-refractivity contribution in [2.45, 2.75) is 12.8 Å². The highest BCUT2D eigenvalue weighted by Crippen LogP contribution is 2.34. The van der Waals surface area contributed by atoms with Crippen LogP contribution in [0.15, 0.2) is 36.5 Å². The number of halogens is 1. The van der Waals surface area contributed by atoms with Gasteiger partial charge in [0.25, 0.3) is 0 Å². The number of hydrogen-bond donors (Lipinski definition) is 0. The fraction of sp³-hybridized carbons (Fsp3) is 0.154. The lowest BCUT2D eigenvalue weighted by molar-refractivity contribution is -0.385. The number of aryl methyl sites for hydroxylation is 1. The molecule has 0 atom stereocenters. The Morgan fingerprint density at radius 3 is 2.84 bits per heavy atom. The van der Waals surface area contributed by atoms with Gasteiger partial charge in [0.15, 0.2) is 0 Å². The molecule has 5 nitrogen and oxygen atoms in total. The normalized spacial score (nSPS) is 10.2. The molecule has 0 amide bonds. The van der Waals surface area contributed by atoms with Gasteiger partial charge in [-0.05, 0) is 18.6 Å². The summed E-state index contributed by atoms with van der Waals surface area (Å²) in [5.74, 6) is 0.704. The third kappa shape index (κ3) is 2.82. The molecule has 98 valence electrons. The number of nitro groups is 1. The van der Waals surface area contributed by atoms with Gasteiger partial charge in [0.1, 0.15) is 0 Å². The van der Waals surface area contributed by atoms with Crippen molar-refractivity contribution < 1.29 is 9.66 Å². The van der Waals surface area contributed by atoms with Gasteiger partial charge in [0.2, 0.25) is 11.6 Å². The van der Waals surface area contributed by atoms with Crippen LogP contribution in [0.4, 0.5) is 5.69 Å². The van der Waals surface area contributed by atoms with Gasteiger partial charge in [-0.3, -0.25) is 10.1 Å². The number of aromatic nitrogens is 1. The zero-order valence-electron chi connectivity index (χ0n) is 10.2. The highest BCUT2D eigenvalue weighted by molar-refractivity contribution is 6.17. The minimum absolute atomic E-state index is 0.0915. The number of rotatable bonds is 4. The van der Waals surface area contributed by atoms with Crippen molar-refractivity contribution in [1.29, 1.82) is 0 Å². The van der Waals surface area contributed by atoms with Gasteiger partial charge in [-0.1, -0.05) is 18.2 Å². The molecule has 2 rings (SSSR count).